The van der Waals surface area contributed by atoms with Crippen LogP contribution in [-0.4, -0.2) is 15.8 Å². The van der Waals surface area contributed by atoms with E-state index in [9.17, 15) is 4.79 Å². The second-order valence-electron chi connectivity index (χ2n) is 3.62. The maximum Gasteiger partial charge on any atom is 0.140 e. The van der Waals surface area contributed by atoms with Crippen LogP contribution in [-0.2, 0) is 4.79 Å². The topological polar surface area (TPSA) is 45.8 Å². The predicted octanol–water partition coefficient (Wildman–Crippen LogP) is 2.91. The Hall–Kier alpha value is -1.35. The van der Waals surface area contributed by atoms with Crippen LogP contribution >= 0.6 is 11.6 Å². The molecule has 0 aliphatic heterocycles. The number of hydrogen-bond donors (Lipinski definition) is 1. The van der Waals surface area contributed by atoms with E-state index in [0.717, 1.165) is 11.0 Å². The first-order valence-corrected chi connectivity index (χ1v) is 5.11. The summed E-state index contributed by atoms with van der Waals surface area (Å²) in [6, 6.07) is 5.43. The van der Waals surface area contributed by atoms with Gasteiger partial charge in [0, 0.05) is 5.02 Å². The summed E-state index contributed by atoms with van der Waals surface area (Å²) in [5.41, 5.74) is 1.70. The normalized spacial score (nSPS) is 13.0. The quantitative estimate of drug-likeness (QED) is 0.849. The highest BCUT2D eigenvalue weighted by Gasteiger charge is 2.14. The lowest BCUT2D eigenvalue weighted by Crippen LogP contribution is -2.05. The molecule has 4 heteroatoms. The fourth-order valence-electron chi connectivity index (χ4n) is 1.40. The third kappa shape index (κ3) is 1.88. The number of hydrogen-bond acceptors (Lipinski definition) is 2. The lowest BCUT2D eigenvalue weighted by molar-refractivity contribution is -0.118. The molecule has 1 N–H and O–H groups in total. The Morgan fingerprint density at radius 2 is 2.27 bits per heavy atom. The molecule has 0 bridgehead atoms. The van der Waals surface area contributed by atoms with Crippen molar-refractivity contribution in [3.63, 3.8) is 0 Å². The van der Waals surface area contributed by atoms with Crippen molar-refractivity contribution in [2.24, 2.45) is 0 Å². The number of aromatic nitrogens is 2. The zero-order valence-corrected chi connectivity index (χ0v) is 9.30. The molecule has 0 fully saturated rings. The minimum absolute atomic E-state index is 0.0974. The SMILES string of the molecule is CC(=O)C(C)c1nc2ccc(Cl)cc2[nH]1. The fourth-order valence-corrected chi connectivity index (χ4v) is 1.57. The number of carbonyl (C=O) groups is 1. The zero-order chi connectivity index (χ0) is 11.0. The van der Waals surface area contributed by atoms with Crippen molar-refractivity contribution < 1.29 is 4.79 Å². The number of nitrogens with zero attached hydrogens (tertiary/aromatic N) is 1. The molecule has 0 saturated carbocycles. The van der Waals surface area contributed by atoms with Crippen LogP contribution in [0.5, 0.6) is 0 Å². The van der Waals surface area contributed by atoms with Crippen LogP contribution in [0.1, 0.15) is 25.6 Å². The summed E-state index contributed by atoms with van der Waals surface area (Å²) < 4.78 is 0. The summed E-state index contributed by atoms with van der Waals surface area (Å²) >= 11 is 5.86. The third-order valence-electron chi connectivity index (χ3n) is 2.48. The molecule has 0 spiro atoms. The molecular weight excluding hydrogens is 212 g/mol. The summed E-state index contributed by atoms with van der Waals surface area (Å²) in [5.74, 6) is 0.594. The Bertz CT molecular complexity index is 518. The Labute approximate surface area is 92.5 Å². The van der Waals surface area contributed by atoms with Crippen LogP contribution < -0.4 is 0 Å². The highest BCUT2D eigenvalue weighted by Crippen LogP contribution is 2.20. The van der Waals surface area contributed by atoms with E-state index in [2.05, 4.69) is 9.97 Å². The molecule has 0 aliphatic rings. The van der Waals surface area contributed by atoms with Gasteiger partial charge in [0.25, 0.3) is 0 Å². The lowest BCUT2D eigenvalue weighted by atomic mass is 10.1. The maximum absolute atomic E-state index is 11.2. The van der Waals surface area contributed by atoms with Gasteiger partial charge in [-0.1, -0.05) is 11.6 Å². The first-order valence-electron chi connectivity index (χ1n) is 4.73. The molecule has 2 aromatic rings. The molecule has 0 radical (unpaired) electrons. The number of Topliss-reactive ketones (excluding diaryl/α,β-unsaturated/α-hetero) is 1. The number of H-pyrrole nitrogens is 1. The minimum Gasteiger partial charge on any atom is -0.341 e. The monoisotopic (exact) mass is 222 g/mol. The lowest BCUT2D eigenvalue weighted by Gasteiger charge is -2.01. The Morgan fingerprint density at radius 1 is 1.53 bits per heavy atom. The molecule has 0 saturated heterocycles. The summed E-state index contributed by atoms with van der Waals surface area (Å²) in [4.78, 5) is 18.6. The van der Waals surface area contributed by atoms with Crippen LogP contribution in [0.3, 0.4) is 0 Å². The molecule has 78 valence electrons. The molecule has 1 aromatic carbocycles. The molecule has 3 nitrogen and oxygen atoms in total. The second-order valence-corrected chi connectivity index (χ2v) is 4.05. The number of carbonyl (C=O) groups excluding carboxylic acids is 1. The predicted molar refractivity (Wildman–Crippen MR) is 60.2 cm³/mol. The van der Waals surface area contributed by atoms with Gasteiger partial charge in [0.2, 0.25) is 0 Å². The Morgan fingerprint density at radius 3 is 2.93 bits per heavy atom. The van der Waals surface area contributed by atoms with E-state index >= 15 is 0 Å². The van der Waals surface area contributed by atoms with Gasteiger partial charge in [-0.15, -0.1) is 0 Å². The molecule has 1 heterocycles. The number of aromatic amines is 1. The third-order valence-corrected chi connectivity index (χ3v) is 2.72. The van der Waals surface area contributed by atoms with E-state index in [1.165, 1.54) is 0 Å². The standard InChI is InChI=1S/C11H11ClN2O/c1-6(7(2)15)11-13-9-4-3-8(12)5-10(9)14-11/h3-6H,1-2H3,(H,13,14). The number of nitrogens with one attached hydrogen (secondary N) is 1. The van der Waals surface area contributed by atoms with Crippen LogP contribution in [0.4, 0.5) is 0 Å². The van der Waals surface area contributed by atoms with Gasteiger partial charge in [0.05, 0.1) is 17.0 Å². The van der Waals surface area contributed by atoms with Gasteiger partial charge in [0.1, 0.15) is 11.6 Å². The van der Waals surface area contributed by atoms with E-state index in [0.29, 0.717) is 10.8 Å². The number of halogens is 1. The minimum atomic E-state index is -0.198. The zero-order valence-electron chi connectivity index (χ0n) is 8.54. The van der Waals surface area contributed by atoms with Crippen molar-refractivity contribution in [1.29, 1.82) is 0 Å². The van der Waals surface area contributed by atoms with Gasteiger partial charge in [-0.05, 0) is 32.0 Å². The molecule has 0 aliphatic carbocycles. The van der Waals surface area contributed by atoms with E-state index in [1.807, 2.05) is 13.0 Å². The van der Waals surface area contributed by atoms with Crippen molar-refractivity contribution in [3.05, 3.63) is 29.0 Å². The number of ketones is 1. The van der Waals surface area contributed by atoms with Gasteiger partial charge in [-0.2, -0.15) is 0 Å². The van der Waals surface area contributed by atoms with Gasteiger partial charge in [-0.3, -0.25) is 4.79 Å². The van der Waals surface area contributed by atoms with Crippen molar-refractivity contribution >= 4 is 28.4 Å². The van der Waals surface area contributed by atoms with Crippen molar-refractivity contribution in [3.8, 4) is 0 Å². The van der Waals surface area contributed by atoms with Crippen molar-refractivity contribution in [2.75, 3.05) is 0 Å². The smallest absolute Gasteiger partial charge is 0.140 e. The second kappa shape index (κ2) is 3.66. The molecular formula is C11H11ClN2O. The van der Waals surface area contributed by atoms with E-state index < -0.39 is 0 Å². The summed E-state index contributed by atoms with van der Waals surface area (Å²) in [5, 5.41) is 0.660. The van der Waals surface area contributed by atoms with Gasteiger partial charge >= 0.3 is 0 Å². The largest absolute Gasteiger partial charge is 0.341 e. The highest BCUT2D eigenvalue weighted by atomic mass is 35.5. The Balaban J connectivity index is 2.51. The molecule has 1 aromatic heterocycles. The number of rotatable bonds is 2. The van der Waals surface area contributed by atoms with E-state index in [4.69, 9.17) is 11.6 Å². The number of benzene rings is 1. The molecule has 1 atom stereocenters. The molecule has 0 amide bonds. The average molecular weight is 223 g/mol. The van der Waals surface area contributed by atoms with Gasteiger partial charge in [-0.25, -0.2) is 4.98 Å². The van der Waals surface area contributed by atoms with E-state index in [1.54, 1.807) is 19.1 Å². The van der Waals surface area contributed by atoms with Crippen LogP contribution in [0, 0.1) is 0 Å². The first-order chi connectivity index (χ1) is 7.08. The highest BCUT2D eigenvalue weighted by molar-refractivity contribution is 6.31. The molecule has 1 unspecified atom stereocenters. The molecule has 15 heavy (non-hydrogen) atoms. The average Bonchev–Trinajstić information content (AvgIpc) is 2.58. The number of fused-ring (bicyclic) bond motifs is 1. The van der Waals surface area contributed by atoms with Crippen LogP contribution in [0.2, 0.25) is 5.02 Å². The Kier molecular flexibility index (Phi) is 2.49. The van der Waals surface area contributed by atoms with Crippen molar-refractivity contribution in [2.45, 2.75) is 19.8 Å². The van der Waals surface area contributed by atoms with Crippen LogP contribution in [0.25, 0.3) is 11.0 Å². The van der Waals surface area contributed by atoms with E-state index in [-0.39, 0.29) is 11.7 Å². The van der Waals surface area contributed by atoms with Crippen LogP contribution in [0.15, 0.2) is 18.2 Å². The maximum atomic E-state index is 11.2. The molecule has 2 rings (SSSR count). The van der Waals surface area contributed by atoms with Gasteiger partial charge in [0.15, 0.2) is 0 Å². The summed E-state index contributed by atoms with van der Waals surface area (Å²) in [7, 11) is 0. The first kappa shape index (κ1) is 10.2. The fraction of sp³-hybridized carbons (Fsp3) is 0.273. The summed E-state index contributed by atoms with van der Waals surface area (Å²) in [6.45, 7) is 3.40. The number of imidazole rings is 1. The van der Waals surface area contributed by atoms with Crippen molar-refractivity contribution in [1.82, 2.24) is 9.97 Å². The van der Waals surface area contributed by atoms with Gasteiger partial charge < -0.3 is 4.98 Å². The summed E-state index contributed by atoms with van der Waals surface area (Å²) in [6.07, 6.45) is 0.